The summed E-state index contributed by atoms with van der Waals surface area (Å²) in [6, 6.07) is 7.35. The maximum atomic E-state index is 13.3. The fraction of sp³-hybridized carbons (Fsp3) is 0.542. The highest BCUT2D eigenvalue weighted by Crippen LogP contribution is 2.13. The Hall–Kier alpha value is -2.61. The van der Waals surface area contributed by atoms with E-state index in [2.05, 4.69) is 13.8 Å². The zero-order valence-electron chi connectivity index (χ0n) is 19.3. The molecule has 0 saturated heterocycles. The Labute approximate surface area is 196 Å². The zero-order chi connectivity index (χ0) is 24.1. The van der Waals surface area contributed by atoms with E-state index in [0.29, 0.717) is 18.0 Å². The summed E-state index contributed by atoms with van der Waals surface area (Å²) in [5.74, 6) is -3.26. The van der Waals surface area contributed by atoms with Gasteiger partial charge in [-0.2, -0.15) is 0 Å². The van der Waals surface area contributed by atoms with Crippen molar-refractivity contribution < 1.29 is 19.2 Å². The van der Waals surface area contributed by atoms with Crippen LogP contribution in [0.15, 0.2) is 30.3 Å². The number of nitrogens with two attached hydrogens (primary N) is 1. The van der Waals surface area contributed by atoms with Gasteiger partial charge in [0.15, 0.2) is 6.04 Å². The molecule has 176 valence electrons. The van der Waals surface area contributed by atoms with Gasteiger partial charge in [0.05, 0.1) is 4.86 Å². The van der Waals surface area contributed by atoms with E-state index >= 15 is 0 Å². The molecule has 0 aliphatic heterocycles. The first-order chi connectivity index (χ1) is 15.2. The molecule has 0 saturated carbocycles. The lowest BCUT2D eigenvalue weighted by molar-refractivity contribution is -0.155. The van der Waals surface area contributed by atoms with Crippen molar-refractivity contribution in [3.05, 3.63) is 35.9 Å². The fourth-order valence-corrected chi connectivity index (χ4v) is 3.67. The average Bonchev–Trinajstić information content (AvgIpc) is 2.75. The molecule has 2 N–H and O–H groups in total. The van der Waals surface area contributed by atoms with Crippen molar-refractivity contribution in [3.8, 4) is 0 Å². The second kappa shape index (κ2) is 14.5. The maximum absolute atomic E-state index is 13.3. The predicted molar refractivity (Wildman–Crippen MR) is 129 cm³/mol. The summed E-state index contributed by atoms with van der Waals surface area (Å²) in [5, 5.41) is 0. The highest BCUT2D eigenvalue weighted by atomic mass is 32.1. The third kappa shape index (κ3) is 8.49. The Morgan fingerprint density at radius 2 is 1.47 bits per heavy atom. The maximum Gasteiger partial charge on any atom is 0.268 e. The molecule has 8 heteroatoms. The monoisotopic (exact) mass is 461 g/mol. The molecule has 4 amide bonds. The molecule has 0 aromatic heterocycles. The van der Waals surface area contributed by atoms with Crippen LogP contribution in [0.4, 0.5) is 0 Å². The van der Waals surface area contributed by atoms with Gasteiger partial charge in [0.2, 0.25) is 5.91 Å². The highest BCUT2D eigenvalue weighted by Gasteiger charge is 2.40. The second-order valence-electron chi connectivity index (χ2n) is 7.82. The number of unbranched alkanes of at least 4 members (excludes halogenated alkanes) is 4. The normalized spacial score (nSPS) is 11.5. The number of imide groups is 1. The Kier molecular flexibility index (Phi) is 12.4. The molecule has 0 radical (unpaired) electrons. The summed E-state index contributed by atoms with van der Waals surface area (Å²) in [4.78, 5) is 53.2. The van der Waals surface area contributed by atoms with Crippen LogP contribution in [0.1, 0.15) is 64.9 Å². The lowest BCUT2D eigenvalue weighted by atomic mass is 10.1. The van der Waals surface area contributed by atoms with E-state index in [0.717, 1.165) is 51.0 Å². The van der Waals surface area contributed by atoms with Crippen molar-refractivity contribution in [2.24, 2.45) is 5.73 Å². The number of benzene rings is 1. The summed E-state index contributed by atoms with van der Waals surface area (Å²) in [6.45, 7) is 6.12. The van der Waals surface area contributed by atoms with Crippen molar-refractivity contribution >= 4 is 40.7 Å². The Morgan fingerprint density at radius 3 is 1.91 bits per heavy atom. The molecule has 0 bridgehead atoms. The van der Waals surface area contributed by atoms with Crippen LogP contribution in [0, 0.1) is 0 Å². The smallest absolute Gasteiger partial charge is 0.268 e. The number of hydrogen-bond acceptors (Lipinski definition) is 5. The quantitative estimate of drug-likeness (QED) is 0.261. The first kappa shape index (κ1) is 27.4. The summed E-state index contributed by atoms with van der Waals surface area (Å²) < 4.78 is 0. The van der Waals surface area contributed by atoms with E-state index in [1.54, 1.807) is 17.0 Å². The number of carbonyl (C=O) groups is 4. The molecule has 32 heavy (non-hydrogen) atoms. The molecule has 1 aromatic carbocycles. The van der Waals surface area contributed by atoms with Crippen LogP contribution in [0.3, 0.4) is 0 Å². The molecular weight excluding hydrogens is 426 g/mol. The molecule has 1 rings (SSSR count). The van der Waals surface area contributed by atoms with E-state index in [-0.39, 0.29) is 11.3 Å². The molecule has 1 atom stereocenters. The molecule has 0 aliphatic carbocycles. The van der Waals surface area contributed by atoms with Crippen LogP contribution in [-0.2, 0) is 25.6 Å². The first-order valence-electron chi connectivity index (χ1n) is 11.2. The van der Waals surface area contributed by atoms with Gasteiger partial charge in [0.1, 0.15) is 0 Å². The van der Waals surface area contributed by atoms with Gasteiger partial charge < -0.3 is 10.6 Å². The van der Waals surface area contributed by atoms with Gasteiger partial charge in [-0.3, -0.25) is 24.1 Å². The lowest BCUT2D eigenvalue weighted by Gasteiger charge is -2.31. The third-order valence-corrected chi connectivity index (χ3v) is 5.46. The molecule has 0 fully saturated rings. The van der Waals surface area contributed by atoms with Crippen LogP contribution in [0.2, 0.25) is 0 Å². The van der Waals surface area contributed by atoms with E-state index in [1.165, 1.54) is 0 Å². The second-order valence-corrected chi connectivity index (χ2v) is 8.32. The number of hydrogen-bond donors (Lipinski definition) is 1. The number of thiocarbonyl (C=S) groups is 1. The Bertz CT molecular complexity index is 788. The highest BCUT2D eigenvalue weighted by molar-refractivity contribution is 7.82. The van der Waals surface area contributed by atoms with Crippen molar-refractivity contribution in [2.75, 3.05) is 13.1 Å². The van der Waals surface area contributed by atoms with Crippen molar-refractivity contribution in [1.82, 2.24) is 9.80 Å². The van der Waals surface area contributed by atoms with Crippen LogP contribution < -0.4 is 5.73 Å². The van der Waals surface area contributed by atoms with Gasteiger partial charge >= 0.3 is 0 Å². The molecule has 1 aromatic rings. The van der Waals surface area contributed by atoms with E-state index < -0.39 is 29.7 Å². The standard InChI is InChI=1S/C24H35N3O4S/c1-4-6-11-15-26(16-12-7-5-2)24(31)21(22(25)29)27(18(3)28)23(30)20(32)17-19-13-9-8-10-14-19/h8-10,13-14,21H,4-7,11-12,15-17H2,1-3H3,(H2,25,29)/t21-/m0/s1. The number of nitrogens with zero attached hydrogens (tertiary/aromatic N) is 2. The van der Waals surface area contributed by atoms with E-state index in [4.69, 9.17) is 18.0 Å². The SMILES string of the molecule is CCCCCN(CCCCC)C(=O)[C@H](C(N)=O)N(C(C)=O)C(=O)C(=S)Cc1ccccc1. The number of carbonyl (C=O) groups excluding carboxylic acids is 4. The van der Waals surface area contributed by atoms with Crippen molar-refractivity contribution in [1.29, 1.82) is 0 Å². The Balaban J connectivity index is 3.14. The molecular formula is C24H35N3O4S. The summed E-state index contributed by atoms with van der Waals surface area (Å²) in [6.07, 6.45) is 5.45. The minimum Gasteiger partial charge on any atom is -0.367 e. The largest absolute Gasteiger partial charge is 0.367 e. The molecule has 0 aliphatic rings. The molecule has 0 unspecified atom stereocenters. The molecule has 0 spiro atoms. The lowest BCUT2D eigenvalue weighted by Crippen LogP contribution is -2.59. The van der Waals surface area contributed by atoms with Crippen molar-refractivity contribution in [3.63, 3.8) is 0 Å². The third-order valence-electron chi connectivity index (χ3n) is 5.14. The van der Waals surface area contributed by atoms with Gasteiger partial charge in [-0.25, -0.2) is 0 Å². The number of rotatable bonds is 14. The first-order valence-corrected chi connectivity index (χ1v) is 11.6. The van der Waals surface area contributed by atoms with Crippen LogP contribution in [-0.4, -0.2) is 57.4 Å². The number of amides is 4. The summed E-state index contributed by atoms with van der Waals surface area (Å²) >= 11 is 5.26. The van der Waals surface area contributed by atoms with Crippen molar-refractivity contribution in [2.45, 2.75) is 71.8 Å². The van der Waals surface area contributed by atoms with E-state index in [9.17, 15) is 19.2 Å². The fourth-order valence-electron chi connectivity index (χ4n) is 3.40. The van der Waals surface area contributed by atoms with Gasteiger partial charge in [0, 0.05) is 26.4 Å². The minimum absolute atomic E-state index is 0.0611. The summed E-state index contributed by atoms with van der Waals surface area (Å²) in [5.41, 5.74) is 6.33. The number of primary amides is 1. The van der Waals surface area contributed by atoms with Crippen LogP contribution in [0.5, 0.6) is 0 Å². The summed E-state index contributed by atoms with van der Waals surface area (Å²) in [7, 11) is 0. The van der Waals surface area contributed by atoms with Gasteiger partial charge in [0.25, 0.3) is 17.7 Å². The van der Waals surface area contributed by atoms with Gasteiger partial charge in [-0.15, -0.1) is 0 Å². The van der Waals surface area contributed by atoms with Gasteiger partial charge in [-0.1, -0.05) is 82.1 Å². The van der Waals surface area contributed by atoms with Crippen LogP contribution >= 0.6 is 12.2 Å². The molecule has 0 heterocycles. The average molecular weight is 462 g/mol. The van der Waals surface area contributed by atoms with Crippen LogP contribution in [0.25, 0.3) is 0 Å². The Morgan fingerprint density at radius 1 is 0.938 bits per heavy atom. The minimum atomic E-state index is -1.71. The molecule has 7 nitrogen and oxygen atoms in total. The zero-order valence-corrected chi connectivity index (χ0v) is 20.2. The topological polar surface area (TPSA) is 101 Å². The van der Waals surface area contributed by atoms with E-state index in [1.807, 2.05) is 18.2 Å². The van der Waals surface area contributed by atoms with Gasteiger partial charge in [-0.05, 0) is 18.4 Å². The predicted octanol–water partition coefficient (Wildman–Crippen LogP) is 3.04.